The van der Waals surface area contributed by atoms with Gasteiger partial charge in [-0.3, -0.25) is 0 Å². The van der Waals surface area contributed by atoms with E-state index in [0.717, 1.165) is 16.7 Å². The van der Waals surface area contributed by atoms with Crippen LogP contribution >= 0.6 is 0 Å². The number of ether oxygens (including phenoxy) is 1. The highest BCUT2D eigenvalue weighted by atomic mass is 19.1. The number of hydrogen-bond donors (Lipinski definition) is 1. The third-order valence-electron chi connectivity index (χ3n) is 3.31. The first-order chi connectivity index (χ1) is 10.0. The normalized spacial score (nSPS) is 12.2. The summed E-state index contributed by atoms with van der Waals surface area (Å²) in [5, 5.41) is 3.11. The first kappa shape index (κ1) is 15.4. The Morgan fingerprint density at radius 1 is 1.05 bits per heavy atom. The second kappa shape index (κ2) is 6.68. The van der Waals surface area contributed by atoms with Crippen molar-refractivity contribution in [2.45, 2.75) is 19.9 Å². The summed E-state index contributed by atoms with van der Waals surface area (Å²) in [5.41, 5.74) is 3.32. The van der Waals surface area contributed by atoms with Crippen molar-refractivity contribution in [3.63, 3.8) is 0 Å². The fourth-order valence-electron chi connectivity index (χ4n) is 2.34. The predicted molar refractivity (Wildman–Crippen MR) is 79.6 cm³/mol. The molecule has 1 atom stereocenters. The quantitative estimate of drug-likeness (QED) is 0.901. The zero-order valence-corrected chi connectivity index (χ0v) is 12.4. The van der Waals surface area contributed by atoms with Gasteiger partial charge in [0.05, 0.1) is 6.04 Å². The van der Waals surface area contributed by atoms with E-state index in [1.54, 1.807) is 7.05 Å². The number of para-hydroxylation sites is 1. The Bertz CT molecular complexity index is 588. The van der Waals surface area contributed by atoms with E-state index in [1.807, 2.05) is 26.0 Å². The highest BCUT2D eigenvalue weighted by molar-refractivity contribution is 5.31. The van der Waals surface area contributed by atoms with Crippen molar-refractivity contribution in [1.82, 2.24) is 5.32 Å². The fraction of sp³-hybridized carbons (Fsp3) is 0.294. The van der Waals surface area contributed by atoms with Gasteiger partial charge in [-0.25, -0.2) is 8.78 Å². The second-order valence-electron chi connectivity index (χ2n) is 5.12. The maximum Gasteiger partial charge on any atom is 0.190 e. The molecule has 1 unspecified atom stereocenters. The summed E-state index contributed by atoms with van der Waals surface area (Å²) in [6.07, 6.45) is 0. The van der Waals surface area contributed by atoms with E-state index in [-0.39, 0.29) is 18.4 Å². The monoisotopic (exact) mass is 291 g/mol. The molecule has 112 valence electrons. The predicted octanol–water partition coefficient (Wildman–Crippen LogP) is 3.92. The van der Waals surface area contributed by atoms with Crippen LogP contribution < -0.4 is 10.1 Å². The molecule has 0 spiro atoms. The number of likely N-dealkylation sites (N-methyl/N-ethyl adjacent to an activating group) is 1. The lowest BCUT2D eigenvalue weighted by molar-refractivity contribution is 0.249. The lowest BCUT2D eigenvalue weighted by atomic mass is 10.0. The van der Waals surface area contributed by atoms with E-state index < -0.39 is 11.6 Å². The van der Waals surface area contributed by atoms with Crippen LogP contribution in [0.4, 0.5) is 8.78 Å². The van der Waals surface area contributed by atoms with Crippen LogP contribution in [0.2, 0.25) is 0 Å². The molecular weight excluding hydrogens is 272 g/mol. The number of aryl methyl sites for hydroxylation is 2. The molecule has 2 aromatic carbocycles. The van der Waals surface area contributed by atoms with Crippen LogP contribution in [-0.4, -0.2) is 13.7 Å². The van der Waals surface area contributed by atoms with Crippen LogP contribution in [0.1, 0.15) is 22.7 Å². The lowest BCUT2D eigenvalue weighted by Gasteiger charge is -2.19. The maximum absolute atomic E-state index is 13.6. The first-order valence-corrected chi connectivity index (χ1v) is 6.83. The molecule has 2 aromatic rings. The van der Waals surface area contributed by atoms with Crippen molar-refractivity contribution < 1.29 is 13.5 Å². The summed E-state index contributed by atoms with van der Waals surface area (Å²) in [7, 11) is 1.80. The van der Waals surface area contributed by atoms with Gasteiger partial charge in [0.25, 0.3) is 0 Å². The molecule has 1 N–H and O–H groups in total. The number of nitrogens with one attached hydrogen (secondary N) is 1. The molecule has 0 saturated carbocycles. The minimum atomic E-state index is -0.690. The highest BCUT2D eigenvalue weighted by Crippen LogP contribution is 2.23. The first-order valence-electron chi connectivity index (χ1n) is 6.83. The van der Waals surface area contributed by atoms with Gasteiger partial charge in [0.2, 0.25) is 0 Å². The molecule has 0 aliphatic heterocycles. The number of hydrogen-bond acceptors (Lipinski definition) is 2. The fourth-order valence-corrected chi connectivity index (χ4v) is 2.34. The van der Waals surface area contributed by atoms with E-state index in [0.29, 0.717) is 0 Å². The minimum Gasteiger partial charge on any atom is -0.486 e. The van der Waals surface area contributed by atoms with Crippen LogP contribution in [0.25, 0.3) is 0 Å². The number of halogens is 2. The highest BCUT2D eigenvalue weighted by Gasteiger charge is 2.15. The molecule has 0 fully saturated rings. The summed E-state index contributed by atoms with van der Waals surface area (Å²) in [6, 6.07) is 9.70. The van der Waals surface area contributed by atoms with Gasteiger partial charge < -0.3 is 10.1 Å². The van der Waals surface area contributed by atoms with Crippen LogP contribution in [-0.2, 0) is 0 Å². The van der Waals surface area contributed by atoms with E-state index in [9.17, 15) is 8.78 Å². The van der Waals surface area contributed by atoms with Crippen molar-refractivity contribution in [2.75, 3.05) is 13.7 Å². The van der Waals surface area contributed by atoms with Gasteiger partial charge in [-0.05, 0) is 38.6 Å². The van der Waals surface area contributed by atoms with Crippen LogP contribution in [0.3, 0.4) is 0 Å². The average molecular weight is 291 g/mol. The zero-order valence-electron chi connectivity index (χ0n) is 12.4. The van der Waals surface area contributed by atoms with Crippen molar-refractivity contribution in [2.24, 2.45) is 0 Å². The summed E-state index contributed by atoms with van der Waals surface area (Å²) in [5.74, 6) is -1.71. The topological polar surface area (TPSA) is 21.3 Å². The van der Waals surface area contributed by atoms with Crippen molar-refractivity contribution in [3.05, 3.63) is 64.7 Å². The molecular formula is C17H19F2NO. The summed E-state index contributed by atoms with van der Waals surface area (Å²) in [4.78, 5) is 0. The van der Waals surface area contributed by atoms with Crippen molar-refractivity contribution in [3.8, 4) is 5.75 Å². The van der Waals surface area contributed by atoms with E-state index in [2.05, 4.69) is 11.4 Å². The van der Waals surface area contributed by atoms with Gasteiger partial charge in [0, 0.05) is 0 Å². The Morgan fingerprint density at radius 2 is 1.62 bits per heavy atom. The van der Waals surface area contributed by atoms with Gasteiger partial charge in [0.1, 0.15) is 6.61 Å². The summed E-state index contributed by atoms with van der Waals surface area (Å²) < 4.78 is 32.4. The molecule has 0 saturated heterocycles. The largest absolute Gasteiger partial charge is 0.486 e. The van der Waals surface area contributed by atoms with Gasteiger partial charge in [0.15, 0.2) is 17.4 Å². The van der Waals surface area contributed by atoms with E-state index in [4.69, 9.17) is 4.74 Å². The molecule has 4 heteroatoms. The third-order valence-corrected chi connectivity index (χ3v) is 3.31. The van der Waals surface area contributed by atoms with Crippen molar-refractivity contribution >= 4 is 0 Å². The molecule has 21 heavy (non-hydrogen) atoms. The molecule has 0 radical (unpaired) electrons. The van der Waals surface area contributed by atoms with Crippen LogP contribution in [0.15, 0.2) is 36.4 Å². The van der Waals surface area contributed by atoms with E-state index in [1.165, 1.54) is 18.2 Å². The Morgan fingerprint density at radius 3 is 2.14 bits per heavy atom. The van der Waals surface area contributed by atoms with E-state index >= 15 is 0 Å². The van der Waals surface area contributed by atoms with Gasteiger partial charge >= 0.3 is 0 Å². The van der Waals surface area contributed by atoms with Crippen molar-refractivity contribution in [1.29, 1.82) is 0 Å². The SMILES string of the molecule is CNC(COc1c(F)cccc1F)c1cc(C)cc(C)c1. The lowest BCUT2D eigenvalue weighted by Crippen LogP contribution is -2.24. The molecule has 0 heterocycles. The van der Waals surface area contributed by atoms with Gasteiger partial charge in [-0.15, -0.1) is 0 Å². The Labute approximate surface area is 123 Å². The Kier molecular flexibility index (Phi) is 4.91. The zero-order chi connectivity index (χ0) is 15.4. The molecule has 0 amide bonds. The minimum absolute atomic E-state index is 0.136. The average Bonchev–Trinajstić information content (AvgIpc) is 2.41. The van der Waals surface area contributed by atoms with Crippen LogP contribution in [0, 0.1) is 25.5 Å². The Balaban J connectivity index is 2.16. The summed E-state index contributed by atoms with van der Waals surface area (Å²) >= 11 is 0. The Hall–Kier alpha value is -1.94. The maximum atomic E-state index is 13.6. The molecule has 0 aliphatic carbocycles. The molecule has 2 nitrogen and oxygen atoms in total. The smallest absolute Gasteiger partial charge is 0.190 e. The van der Waals surface area contributed by atoms with Crippen LogP contribution in [0.5, 0.6) is 5.75 Å². The molecule has 0 aromatic heterocycles. The van der Waals surface area contributed by atoms with Gasteiger partial charge in [-0.1, -0.05) is 35.4 Å². The van der Waals surface area contributed by atoms with Gasteiger partial charge in [-0.2, -0.15) is 0 Å². The molecule has 0 aliphatic rings. The summed E-state index contributed by atoms with van der Waals surface area (Å²) in [6.45, 7) is 4.18. The second-order valence-corrected chi connectivity index (χ2v) is 5.12. The number of benzene rings is 2. The third kappa shape index (κ3) is 3.79. The molecule has 2 rings (SSSR count). The molecule has 0 bridgehead atoms. The number of rotatable bonds is 5. The standard InChI is InChI=1S/C17H19F2NO/c1-11-7-12(2)9-13(8-11)16(20-3)10-21-17-14(18)5-4-6-15(17)19/h4-9,16,20H,10H2,1-3H3.